The number of hydrogen-bond donors (Lipinski definition) is 1. The first-order valence-corrected chi connectivity index (χ1v) is 4.43. The van der Waals surface area contributed by atoms with Gasteiger partial charge >= 0.3 is 5.97 Å². The Morgan fingerprint density at radius 2 is 2.00 bits per heavy atom. The van der Waals surface area contributed by atoms with Crippen LogP contribution in [0.1, 0.15) is 24.2 Å². The van der Waals surface area contributed by atoms with Crippen LogP contribution in [0, 0.1) is 4.91 Å². The van der Waals surface area contributed by atoms with E-state index < -0.39 is 5.97 Å². The van der Waals surface area contributed by atoms with E-state index in [4.69, 9.17) is 5.11 Å². The van der Waals surface area contributed by atoms with Gasteiger partial charge < -0.3 is 9.84 Å². The molecule has 0 aromatic heterocycles. The highest BCUT2D eigenvalue weighted by molar-refractivity contribution is 5.95. The number of esters is 1. The second-order valence-corrected chi connectivity index (χ2v) is 2.28. The lowest BCUT2D eigenvalue weighted by atomic mass is 10.2. The van der Waals surface area contributed by atoms with Crippen LogP contribution in [0.4, 0.5) is 5.69 Å². The lowest BCUT2D eigenvalue weighted by molar-refractivity contribution is 0.0601. The summed E-state index contributed by atoms with van der Waals surface area (Å²) < 4.78 is 4.40. The molecule has 0 saturated carbocycles. The van der Waals surface area contributed by atoms with E-state index in [1.54, 1.807) is 0 Å². The number of ether oxygens (including phenoxy) is 1. The van der Waals surface area contributed by atoms with E-state index in [0.29, 0.717) is 0 Å². The van der Waals surface area contributed by atoms with Gasteiger partial charge in [-0.1, -0.05) is 13.8 Å². The van der Waals surface area contributed by atoms with Gasteiger partial charge in [-0.05, 0) is 17.3 Å². The number of methoxy groups -OCH3 is 1. The third-order valence-corrected chi connectivity index (χ3v) is 1.48. The van der Waals surface area contributed by atoms with Crippen LogP contribution in [0.15, 0.2) is 23.4 Å². The molecule has 0 fully saturated rings. The van der Waals surface area contributed by atoms with Crippen LogP contribution < -0.4 is 0 Å². The average molecular weight is 211 g/mol. The summed E-state index contributed by atoms with van der Waals surface area (Å²) in [5.41, 5.74) is -0.0952. The Hall–Kier alpha value is -1.91. The van der Waals surface area contributed by atoms with Crippen molar-refractivity contribution in [3.8, 4) is 5.75 Å². The minimum Gasteiger partial charge on any atom is -0.508 e. The highest BCUT2D eigenvalue weighted by Gasteiger charge is 2.12. The average Bonchev–Trinajstić information content (AvgIpc) is 2.30. The molecule has 0 radical (unpaired) electrons. The number of aromatic hydroxyl groups is 1. The molecule has 0 aliphatic rings. The largest absolute Gasteiger partial charge is 0.508 e. The fraction of sp³-hybridized carbons (Fsp3) is 0.300. The molecule has 0 aliphatic heterocycles. The molecule has 1 rings (SSSR count). The summed E-state index contributed by atoms with van der Waals surface area (Å²) in [5.74, 6) is -0.781. The Labute approximate surface area is 87.7 Å². The molecule has 0 amide bonds. The summed E-state index contributed by atoms with van der Waals surface area (Å²) in [4.78, 5) is 21.2. The van der Waals surface area contributed by atoms with Crippen molar-refractivity contribution in [3.63, 3.8) is 0 Å². The van der Waals surface area contributed by atoms with Gasteiger partial charge in [-0.2, -0.15) is 0 Å². The third kappa shape index (κ3) is 3.38. The van der Waals surface area contributed by atoms with Gasteiger partial charge in [-0.25, -0.2) is 4.79 Å². The zero-order chi connectivity index (χ0) is 11.8. The lowest BCUT2D eigenvalue weighted by Crippen LogP contribution is -2.00. The number of benzene rings is 1. The molecule has 0 bridgehead atoms. The zero-order valence-electron chi connectivity index (χ0n) is 8.85. The number of rotatable bonds is 2. The SMILES string of the molecule is CC.COC(=O)c1ccc(O)cc1N=O. The van der Waals surface area contributed by atoms with Gasteiger partial charge in [0, 0.05) is 6.07 Å². The van der Waals surface area contributed by atoms with E-state index in [2.05, 4.69) is 9.91 Å². The highest BCUT2D eigenvalue weighted by atomic mass is 16.5. The molecule has 15 heavy (non-hydrogen) atoms. The fourth-order valence-corrected chi connectivity index (χ4v) is 0.878. The predicted molar refractivity (Wildman–Crippen MR) is 56.2 cm³/mol. The van der Waals surface area contributed by atoms with Crippen molar-refractivity contribution in [2.75, 3.05) is 7.11 Å². The topological polar surface area (TPSA) is 76.0 Å². The monoisotopic (exact) mass is 211 g/mol. The van der Waals surface area contributed by atoms with Crippen LogP contribution in [-0.4, -0.2) is 18.2 Å². The summed E-state index contributed by atoms with van der Waals surface area (Å²) in [6.45, 7) is 4.00. The van der Waals surface area contributed by atoms with Crippen molar-refractivity contribution >= 4 is 11.7 Å². The minimum atomic E-state index is -0.658. The Morgan fingerprint density at radius 3 is 2.47 bits per heavy atom. The van der Waals surface area contributed by atoms with Gasteiger partial charge in [-0.15, -0.1) is 4.91 Å². The first kappa shape index (κ1) is 13.1. The number of nitrogens with zero attached hydrogens (tertiary/aromatic N) is 1. The number of phenols is 1. The second kappa shape index (κ2) is 6.53. The molecule has 1 aromatic rings. The normalized spacial score (nSPS) is 8.47. The zero-order valence-corrected chi connectivity index (χ0v) is 8.85. The van der Waals surface area contributed by atoms with Crippen LogP contribution in [0.3, 0.4) is 0 Å². The van der Waals surface area contributed by atoms with Gasteiger partial charge in [-0.3, -0.25) is 0 Å². The van der Waals surface area contributed by atoms with Crippen LogP contribution in [0.25, 0.3) is 0 Å². The molecule has 0 heterocycles. The quantitative estimate of drug-likeness (QED) is 0.602. The summed E-state index contributed by atoms with van der Waals surface area (Å²) in [6, 6.07) is 3.65. The van der Waals surface area contributed by atoms with Crippen LogP contribution >= 0.6 is 0 Å². The maximum absolute atomic E-state index is 11.0. The van der Waals surface area contributed by atoms with Crippen molar-refractivity contribution in [2.45, 2.75) is 13.8 Å². The Balaban J connectivity index is 0.000000921. The van der Waals surface area contributed by atoms with E-state index in [-0.39, 0.29) is 17.0 Å². The van der Waals surface area contributed by atoms with E-state index in [0.717, 1.165) is 6.07 Å². The number of hydrogen-bond acceptors (Lipinski definition) is 5. The predicted octanol–water partition coefficient (Wildman–Crippen LogP) is 2.60. The van der Waals surface area contributed by atoms with Crippen molar-refractivity contribution in [2.24, 2.45) is 5.18 Å². The molecule has 0 aliphatic carbocycles. The van der Waals surface area contributed by atoms with Crippen molar-refractivity contribution in [3.05, 3.63) is 28.7 Å². The third-order valence-electron chi connectivity index (χ3n) is 1.48. The van der Waals surface area contributed by atoms with Gasteiger partial charge in [0.05, 0.1) is 12.7 Å². The maximum atomic E-state index is 11.0. The smallest absolute Gasteiger partial charge is 0.340 e. The Kier molecular flexibility index (Phi) is 5.70. The standard InChI is InChI=1S/C8H7NO4.C2H6/c1-13-8(11)6-3-2-5(10)4-7(6)9-12;1-2/h2-4,10H,1H3;1-2H3. The molecule has 1 aromatic carbocycles. The number of carbonyl (C=O) groups excluding carboxylic acids is 1. The van der Waals surface area contributed by atoms with Crippen molar-refractivity contribution in [1.29, 1.82) is 0 Å². The number of nitroso groups, excluding NO2 is 1. The Morgan fingerprint density at radius 1 is 1.40 bits per heavy atom. The molecule has 0 unspecified atom stereocenters. The van der Waals surface area contributed by atoms with Crippen LogP contribution in [-0.2, 0) is 4.74 Å². The molecular formula is C10H13NO4. The second-order valence-electron chi connectivity index (χ2n) is 2.28. The van der Waals surface area contributed by atoms with Crippen LogP contribution in [0.5, 0.6) is 5.75 Å². The molecular weight excluding hydrogens is 198 g/mol. The summed E-state index contributed by atoms with van der Waals surface area (Å²) in [5, 5.41) is 11.6. The van der Waals surface area contributed by atoms with Crippen LogP contribution in [0.2, 0.25) is 0 Å². The maximum Gasteiger partial charge on any atom is 0.340 e. The van der Waals surface area contributed by atoms with Crippen molar-refractivity contribution < 1.29 is 14.6 Å². The van der Waals surface area contributed by atoms with E-state index in [9.17, 15) is 9.70 Å². The Bertz CT molecular complexity index is 349. The minimum absolute atomic E-state index is 0.0373. The fourth-order valence-electron chi connectivity index (χ4n) is 0.878. The number of carbonyl (C=O) groups is 1. The molecule has 82 valence electrons. The molecule has 5 heteroatoms. The van der Waals surface area contributed by atoms with Gasteiger partial charge in [0.1, 0.15) is 11.4 Å². The van der Waals surface area contributed by atoms with Gasteiger partial charge in [0.2, 0.25) is 0 Å². The van der Waals surface area contributed by atoms with Gasteiger partial charge in [0.25, 0.3) is 0 Å². The van der Waals surface area contributed by atoms with Gasteiger partial charge in [0.15, 0.2) is 0 Å². The summed E-state index contributed by atoms with van der Waals surface area (Å²) >= 11 is 0. The summed E-state index contributed by atoms with van der Waals surface area (Å²) in [6.07, 6.45) is 0. The lowest BCUT2D eigenvalue weighted by Gasteiger charge is -2.00. The first-order chi connectivity index (χ1) is 7.19. The number of phenolic OH excluding ortho intramolecular Hbond substituents is 1. The van der Waals surface area contributed by atoms with Crippen molar-refractivity contribution in [1.82, 2.24) is 0 Å². The molecule has 0 spiro atoms. The van der Waals surface area contributed by atoms with E-state index >= 15 is 0 Å². The molecule has 5 nitrogen and oxygen atoms in total. The van der Waals surface area contributed by atoms with E-state index in [1.165, 1.54) is 19.2 Å². The summed E-state index contributed by atoms with van der Waals surface area (Å²) in [7, 11) is 1.20. The highest BCUT2D eigenvalue weighted by Crippen LogP contribution is 2.24. The molecule has 1 N–H and O–H groups in total. The first-order valence-electron chi connectivity index (χ1n) is 4.43. The molecule has 0 saturated heterocycles. The van der Waals surface area contributed by atoms with E-state index in [1.807, 2.05) is 13.8 Å². The molecule has 0 atom stereocenters.